The van der Waals surface area contributed by atoms with Gasteiger partial charge in [0, 0.05) is 30.4 Å². The summed E-state index contributed by atoms with van der Waals surface area (Å²) in [6.45, 7) is 7.14. The van der Waals surface area contributed by atoms with Gasteiger partial charge in [-0.05, 0) is 75.2 Å². The molecule has 190 valence electrons. The van der Waals surface area contributed by atoms with Gasteiger partial charge < -0.3 is 18.9 Å². The third kappa shape index (κ3) is 5.32. The van der Waals surface area contributed by atoms with Gasteiger partial charge in [0.25, 0.3) is 5.91 Å². The molecule has 0 saturated heterocycles. The minimum absolute atomic E-state index is 0.0910. The van der Waals surface area contributed by atoms with Gasteiger partial charge in [-0.3, -0.25) is 9.59 Å². The first-order valence-electron chi connectivity index (χ1n) is 11.7. The standard InChI is InChI=1S/C28H31FN2O5/c1-7-36-28(34)25-17(2)24(18(3)30(25)5)26(32)19(4)31(16-20-8-12-22(29)13-9-20)27(33)21-10-14-23(35-6)15-11-21/h8-15,19H,7,16H2,1-6H3/t19-/m1/s1. The van der Waals surface area contributed by atoms with Crippen LogP contribution in [-0.2, 0) is 18.3 Å². The van der Waals surface area contributed by atoms with Gasteiger partial charge in [-0.15, -0.1) is 0 Å². The maximum Gasteiger partial charge on any atom is 0.355 e. The van der Waals surface area contributed by atoms with Crippen molar-refractivity contribution in [1.29, 1.82) is 0 Å². The van der Waals surface area contributed by atoms with E-state index in [1.165, 1.54) is 24.1 Å². The summed E-state index contributed by atoms with van der Waals surface area (Å²) < 4.78 is 25.5. The third-order valence-electron chi connectivity index (χ3n) is 6.36. The van der Waals surface area contributed by atoms with Crippen molar-refractivity contribution >= 4 is 17.7 Å². The molecule has 36 heavy (non-hydrogen) atoms. The van der Waals surface area contributed by atoms with Crippen molar-refractivity contribution in [3.8, 4) is 5.75 Å². The smallest absolute Gasteiger partial charge is 0.355 e. The van der Waals surface area contributed by atoms with Gasteiger partial charge >= 0.3 is 5.97 Å². The Morgan fingerprint density at radius 3 is 2.19 bits per heavy atom. The maximum absolute atomic E-state index is 13.8. The van der Waals surface area contributed by atoms with E-state index >= 15 is 0 Å². The fourth-order valence-corrected chi connectivity index (χ4v) is 4.25. The summed E-state index contributed by atoms with van der Waals surface area (Å²) in [6.07, 6.45) is 0. The Kier molecular flexibility index (Phi) is 8.29. The van der Waals surface area contributed by atoms with Gasteiger partial charge in [-0.25, -0.2) is 9.18 Å². The number of aromatic nitrogens is 1. The Morgan fingerprint density at radius 2 is 1.64 bits per heavy atom. The molecule has 1 amide bonds. The van der Waals surface area contributed by atoms with E-state index in [1.54, 1.807) is 75.7 Å². The quantitative estimate of drug-likeness (QED) is 0.313. The largest absolute Gasteiger partial charge is 0.497 e. The molecule has 2 aromatic carbocycles. The number of amides is 1. The molecule has 0 aliphatic carbocycles. The van der Waals surface area contributed by atoms with E-state index in [-0.39, 0.29) is 24.8 Å². The molecular formula is C28H31FN2O5. The normalized spacial score (nSPS) is 11.6. The van der Waals surface area contributed by atoms with Crippen molar-refractivity contribution in [3.63, 3.8) is 0 Å². The van der Waals surface area contributed by atoms with Crippen LogP contribution in [0.1, 0.15) is 61.9 Å². The molecule has 3 aromatic rings. The summed E-state index contributed by atoms with van der Waals surface area (Å²) in [6, 6.07) is 11.5. The number of hydrogen-bond donors (Lipinski definition) is 0. The lowest BCUT2D eigenvalue weighted by atomic mass is 9.98. The first-order chi connectivity index (χ1) is 17.1. The molecule has 0 aliphatic heterocycles. The number of esters is 1. The van der Waals surface area contributed by atoms with Crippen LogP contribution in [0.25, 0.3) is 0 Å². The van der Waals surface area contributed by atoms with Crippen LogP contribution in [0.3, 0.4) is 0 Å². The summed E-state index contributed by atoms with van der Waals surface area (Å²) in [4.78, 5) is 41.4. The number of benzene rings is 2. The van der Waals surface area contributed by atoms with Crippen molar-refractivity contribution in [2.75, 3.05) is 13.7 Å². The van der Waals surface area contributed by atoms with Crippen LogP contribution in [0.15, 0.2) is 48.5 Å². The highest BCUT2D eigenvalue weighted by Crippen LogP contribution is 2.26. The number of carbonyl (C=O) groups excluding carboxylic acids is 3. The zero-order valence-corrected chi connectivity index (χ0v) is 21.4. The monoisotopic (exact) mass is 494 g/mol. The second-order valence-electron chi connectivity index (χ2n) is 8.54. The Hall–Kier alpha value is -3.94. The number of rotatable bonds is 9. The Balaban J connectivity index is 2.02. The average Bonchev–Trinajstić information content (AvgIpc) is 3.10. The first kappa shape index (κ1) is 26.7. The lowest BCUT2D eigenvalue weighted by Crippen LogP contribution is -2.43. The SMILES string of the molecule is CCOC(=O)c1c(C)c(C(=O)[C@@H](C)N(Cc2ccc(F)cc2)C(=O)c2ccc(OC)cc2)c(C)n1C. The molecule has 0 aliphatic rings. The van der Waals surface area contributed by atoms with Crippen LogP contribution in [0.4, 0.5) is 4.39 Å². The first-order valence-corrected chi connectivity index (χ1v) is 11.7. The number of ether oxygens (including phenoxy) is 2. The van der Waals surface area contributed by atoms with E-state index in [0.29, 0.717) is 39.4 Å². The highest BCUT2D eigenvalue weighted by Gasteiger charge is 2.33. The molecule has 1 heterocycles. The van der Waals surface area contributed by atoms with E-state index in [9.17, 15) is 18.8 Å². The molecule has 0 bridgehead atoms. The van der Waals surface area contributed by atoms with E-state index in [2.05, 4.69) is 0 Å². The molecule has 0 spiro atoms. The minimum Gasteiger partial charge on any atom is -0.497 e. The summed E-state index contributed by atoms with van der Waals surface area (Å²) in [5.74, 6) is -0.967. The Morgan fingerprint density at radius 1 is 1.03 bits per heavy atom. The van der Waals surface area contributed by atoms with Gasteiger partial charge in [0.1, 0.15) is 17.3 Å². The van der Waals surface area contributed by atoms with Crippen molar-refractivity contribution < 1.29 is 28.2 Å². The minimum atomic E-state index is -0.875. The fraction of sp³-hybridized carbons (Fsp3) is 0.321. The zero-order valence-electron chi connectivity index (χ0n) is 21.4. The zero-order chi connectivity index (χ0) is 26.6. The number of nitrogens with zero attached hydrogens (tertiary/aromatic N) is 2. The van der Waals surface area contributed by atoms with Gasteiger partial charge in [0.05, 0.1) is 19.8 Å². The van der Waals surface area contributed by atoms with Crippen LogP contribution < -0.4 is 4.74 Å². The van der Waals surface area contributed by atoms with E-state index in [4.69, 9.17) is 9.47 Å². The fourth-order valence-electron chi connectivity index (χ4n) is 4.25. The predicted octanol–water partition coefficient (Wildman–Crippen LogP) is 4.88. The molecule has 0 unspecified atom stereocenters. The van der Waals surface area contributed by atoms with Crippen molar-refractivity contribution in [2.45, 2.75) is 40.3 Å². The number of hydrogen-bond acceptors (Lipinski definition) is 5. The number of methoxy groups -OCH3 is 1. The Bertz CT molecular complexity index is 1260. The third-order valence-corrected chi connectivity index (χ3v) is 6.36. The number of carbonyl (C=O) groups is 3. The van der Waals surface area contributed by atoms with Crippen molar-refractivity contribution in [3.05, 3.63) is 88.0 Å². The maximum atomic E-state index is 13.8. The van der Waals surface area contributed by atoms with Crippen LogP contribution >= 0.6 is 0 Å². The average molecular weight is 495 g/mol. The highest BCUT2D eigenvalue weighted by molar-refractivity contribution is 6.07. The molecule has 1 aromatic heterocycles. The van der Waals surface area contributed by atoms with Gasteiger partial charge in [-0.1, -0.05) is 12.1 Å². The highest BCUT2D eigenvalue weighted by atomic mass is 19.1. The van der Waals surface area contributed by atoms with Gasteiger partial charge in [-0.2, -0.15) is 0 Å². The second-order valence-corrected chi connectivity index (χ2v) is 8.54. The Labute approximate surface area is 210 Å². The molecule has 0 fully saturated rings. The number of Topliss-reactive ketones (excluding diaryl/α,β-unsaturated/α-hetero) is 1. The summed E-state index contributed by atoms with van der Waals surface area (Å²) in [5.41, 5.74) is 2.84. The summed E-state index contributed by atoms with van der Waals surface area (Å²) in [7, 11) is 3.24. The lowest BCUT2D eigenvalue weighted by molar-refractivity contribution is 0.0513. The van der Waals surface area contributed by atoms with Crippen LogP contribution in [0, 0.1) is 19.7 Å². The molecule has 1 atom stereocenters. The molecule has 0 N–H and O–H groups in total. The van der Waals surface area contributed by atoms with Gasteiger partial charge in [0.2, 0.25) is 0 Å². The summed E-state index contributed by atoms with van der Waals surface area (Å²) >= 11 is 0. The molecular weight excluding hydrogens is 463 g/mol. The number of ketones is 1. The molecule has 8 heteroatoms. The topological polar surface area (TPSA) is 77.8 Å². The predicted molar refractivity (Wildman–Crippen MR) is 134 cm³/mol. The van der Waals surface area contributed by atoms with Crippen LogP contribution in [0.2, 0.25) is 0 Å². The molecule has 0 radical (unpaired) electrons. The lowest BCUT2D eigenvalue weighted by Gasteiger charge is -2.29. The van der Waals surface area contributed by atoms with E-state index < -0.39 is 17.8 Å². The van der Waals surface area contributed by atoms with Crippen molar-refractivity contribution in [2.24, 2.45) is 7.05 Å². The summed E-state index contributed by atoms with van der Waals surface area (Å²) in [5, 5.41) is 0. The number of halogens is 1. The van der Waals surface area contributed by atoms with E-state index in [0.717, 1.165) is 0 Å². The van der Waals surface area contributed by atoms with Gasteiger partial charge in [0.15, 0.2) is 5.78 Å². The van der Waals surface area contributed by atoms with E-state index in [1.807, 2.05) is 0 Å². The van der Waals surface area contributed by atoms with Crippen molar-refractivity contribution in [1.82, 2.24) is 9.47 Å². The molecule has 7 nitrogen and oxygen atoms in total. The van der Waals surface area contributed by atoms with Crippen LogP contribution in [-0.4, -0.2) is 46.9 Å². The molecule has 0 saturated carbocycles. The second kappa shape index (κ2) is 11.2. The molecule has 3 rings (SSSR count). The van der Waals surface area contributed by atoms with Crippen LogP contribution in [0.5, 0.6) is 5.75 Å².